The maximum Gasteiger partial charge on any atom is 0.304 e. The molecular weight excluding hydrogens is 306 g/mol. The van der Waals surface area contributed by atoms with Gasteiger partial charge in [-0.05, 0) is 20.0 Å². The third-order valence-corrected chi connectivity index (χ3v) is 3.14. The minimum atomic E-state index is -0.772. The molecule has 0 aliphatic heterocycles. The number of aliphatic carboxylic acids is 1. The number of aryl methyl sites for hydroxylation is 1. The fourth-order valence-corrected chi connectivity index (χ4v) is 1.96. The number of carboxylic acid groups (broad SMARTS) is 1. The standard InChI is InChI=1S/C15H19N3O3.ClH/c1-18(11-9-14(19)20)10-5-8-13-16-15(17-21-13)12-6-3-2-4-7-12;/h2-4,6-7H,5,8-11H2,1H3,(H,19,20);1H. The molecule has 1 aromatic heterocycles. The molecule has 120 valence electrons. The van der Waals surface area contributed by atoms with Crippen LogP contribution in [0.4, 0.5) is 0 Å². The number of carboxylic acids is 1. The van der Waals surface area contributed by atoms with Crippen molar-refractivity contribution >= 4 is 18.4 Å². The lowest BCUT2D eigenvalue weighted by Gasteiger charge is -2.14. The lowest BCUT2D eigenvalue weighted by Crippen LogP contribution is -2.23. The topological polar surface area (TPSA) is 79.5 Å². The van der Waals surface area contributed by atoms with E-state index >= 15 is 0 Å². The zero-order valence-corrected chi connectivity index (χ0v) is 13.3. The van der Waals surface area contributed by atoms with Gasteiger partial charge in [0.05, 0.1) is 6.42 Å². The number of nitrogens with zero attached hydrogens (tertiary/aromatic N) is 3. The number of aromatic nitrogens is 2. The first-order valence-corrected chi connectivity index (χ1v) is 6.93. The Kier molecular flexibility index (Phi) is 7.56. The van der Waals surface area contributed by atoms with E-state index in [9.17, 15) is 4.79 Å². The Balaban J connectivity index is 0.00000242. The summed E-state index contributed by atoms with van der Waals surface area (Å²) in [5.74, 6) is 0.441. The van der Waals surface area contributed by atoms with E-state index < -0.39 is 5.97 Å². The highest BCUT2D eigenvalue weighted by molar-refractivity contribution is 5.85. The Hall–Kier alpha value is -1.92. The number of hydrogen-bond acceptors (Lipinski definition) is 5. The van der Waals surface area contributed by atoms with Gasteiger partial charge in [-0.15, -0.1) is 12.4 Å². The molecule has 1 N–H and O–H groups in total. The molecule has 0 bridgehead atoms. The van der Waals surface area contributed by atoms with Gasteiger partial charge < -0.3 is 14.5 Å². The van der Waals surface area contributed by atoms with Crippen LogP contribution in [0.3, 0.4) is 0 Å². The van der Waals surface area contributed by atoms with Crippen LogP contribution >= 0.6 is 12.4 Å². The molecule has 1 aromatic carbocycles. The SMILES string of the molecule is CN(CCCc1nc(-c2ccccc2)no1)CCC(=O)O.Cl. The van der Waals surface area contributed by atoms with Crippen molar-refractivity contribution in [2.45, 2.75) is 19.3 Å². The molecule has 0 spiro atoms. The smallest absolute Gasteiger partial charge is 0.304 e. The van der Waals surface area contributed by atoms with Gasteiger partial charge in [0.1, 0.15) is 0 Å². The molecule has 1 heterocycles. The van der Waals surface area contributed by atoms with Crippen LogP contribution in [-0.4, -0.2) is 46.3 Å². The largest absolute Gasteiger partial charge is 0.481 e. The summed E-state index contributed by atoms with van der Waals surface area (Å²) in [4.78, 5) is 16.8. The van der Waals surface area contributed by atoms with Gasteiger partial charge in [0.25, 0.3) is 0 Å². The Labute approximate surface area is 135 Å². The van der Waals surface area contributed by atoms with Crippen LogP contribution < -0.4 is 0 Å². The van der Waals surface area contributed by atoms with Crippen LogP contribution in [0.15, 0.2) is 34.9 Å². The molecule has 2 aromatic rings. The highest BCUT2D eigenvalue weighted by Crippen LogP contribution is 2.15. The zero-order valence-electron chi connectivity index (χ0n) is 12.4. The lowest BCUT2D eigenvalue weighted by atomic mass is 10.2. The van der Waals surface area contributed by atoms with E-state index in [0.29, 0.717) is 24.7 Å². The molecule has 0 unspecified atom stereocenters. The number of halogens is 1. The van der Waals surface area contributed by atoms with E-state index in [-0.39, 0.29) is 18.8 Å². The predicted octanol–water partition coefficient (Wildman–Crippen LogP) is 2.50. The maximum atomic E-state index is 10.5. The van der Waals surface area contributed by atoms with Crippen molar-refractivity contribution in [1.29, 1.82) is 0 Å². The molecule has 0 aliphatic carbocycles. The molecular formula is C15H20ClN3O3. The Morgan fingerprint density at radius 2 is 2.00 bits per heavy atom. The van der Waals surface area contributed by atoms with Crippen LogP contribution in [0, 0.1) is 0 Å². The van der Waals surface area contributed by atoms with Gasteiger partial charge in [-0.25, -0.2) is 0 Å². The third-order valence-electron chi connectivity index (χ3n) is 3.14. The second kappa shape index (κ2) is 9.17. The van der Waals surface area contributed by atoms with Crippen LogP contribution in [0.2, 0.25) is 0 Å². The van der Waals surface area contributed by atoms with E-state index in [1.807, 2.05) is 42.3 Å². The van der Waals surface area contributed by atoms with E-state index in [1.54, 1.807) is 0 Å². The molecule has 0 radical (unpaired) electrons. The van der Waals surface area contributed by atoms with Crippen molar-refractivity contribution < 1.29 is 14.4 Å². The van der Waals surface area contributed by atoms with Gasteiger partial charge in [0, 0.05) is 18.5 Å². The van der Waals surface area contributed by atoms with Crippen LogP contribution in [0.25, 0.3) is 11.4 Å². The summed E-state index contributed by atoms with van der Waals surface area (Å²) < 4.78 is 5.23. The van der Waals surface area contributed by atoms with Crippen LogP contribution in [-0.2, 0) is 11.2 Å². The normalized spacial score (nSPS) is 10.5. The lowest BCUT2D eigenvalue weighted by molar-refractivity contribution is -0.137. The average Bonchev–Trinajstić information content (AvgIpc) is 2.95. The molecule has 0 aliphatic rings. The first kappa shape index (κ1) is 18.1. The second-order valence-corrected chi connectivity index (χ2v) is 4.93. The minimum absolute atomic E-state index is 0. The van der Waals surface area contributed by atoms with Gasteiger partial charge in [0.15, 0.2) is 0 Å². The van der Waals surface area contributed by atoms with Crippen molar-refractivity contribution in [3.8, 4) is 11.4 Å². The molecule has 2 rings (SSSR count). The molecule has 0 saturated heterocycles. The Morgan fingerprint density at radius 1 is 1.27 bits per heavy atom. The average molecular weight is 326 g/mol. The second-order valence-electron chi connectivity index (χ2n) is 4.93. The van der Waals surface area contributed by atoms with Crippen molar-refractivity contribution in [3.05, 3.63) is 36.2 Å². The summed E-state index contributed by atoms with van der Waals surface area (Å²) in [6.45, 7) is 1.35. The monoisotopic (exact) mass is 325 g/mol. The number of benzene rings is 1. The summed E-state index contributed by atoms with van der Waals surface area (Å²) in [6, 6.07) is 9.69. The highest BCUT2D eigenvalue weighted by Gasteiger charge is 2.08. The molecule has 0 atom stereocenters. The summed E-state index contributed by atoms with van der Waals surface area (Å²) in [6.07, 6.45) is 1.71. The zero-order chi connectivity index (χ0) is 15.1. The summed E-state index contributed by atoms with van der Waals surface area (Å²) >= 11 is 0. The molecule has 7 heteroatoms. The molecule has 0 saturated carbocycles. The number of hydrogen-bond donors (Lipinski definition) is 1. The Bertz CT molecular complexity index is 574. The Morgan fingerprint density at radius 3 is 2.68 bits per heavy atom. The van der Waals surface area contributed by atoms with Gasteiger partial charge in [-0.2, -0.15) is 4.98 Å². The minimum Gasteiger partial charge on any atom is -0.481 e. The number of carbonyl (C=O) groups is 1. The van der Waals surface area contributed by atoms with Crippen molar-refractivity contribution in [2.24, 2.45) is 0 Å². The molecule has 0 fully saturated rings. The van der Waals surface area contributed by atoms with Crippen molar-refractivity contribution in [3.63, 3.8) is 0 Å². The number of rotatable bonds is 8. The van der Waals surface area contributed by atoms with Gasteiger partial charge >= 0.3 is 5.97 Å². The highest BCUT2D eigenvalue weighted by atomic mass is 35.5. The van der Waals surface area contributed by atoms with Gasteiger partial charge in [-0.3, -0.25) is 4.79 Å². The van der Waals surface area contributed by atoms with Crippen LogP contribution in [0.5, 0.6) is 0 Å². The first-order chi connectivity index (χ1) is 10.1. The fraction of sp³-hybridized carbons (Fsp3) is 0.400. The third kappa shape index (κ3) is 5.83. The van der Waals surface area contributed by atoms with E-state index in [1.165, 1.54) is 0 Å². The first-order valence-electron chi connectivity index (χ1n) is 6.93. The maximum absolute atomic E-state index is 10.5. The van der Waals surface area contributed by atoms with Gasteiger partial charge in [-0.1, -0.05) is 35.5 Å². The van der Waals surface area contributed by atoms with Crippen molar-refractivity contribution in [1.82, 2.24) is 15.0 Å². The van der Waals surface area contributed by atoms with Gasteiger partial charge in [0.2, 0.25) is 11.7 Å². The summed E-state index contributed by atoms with van der Waals surface area (Å²) in [5.41, 5.74) is 0.936. The van der Waals surface area contributed by atoms with Crippen molar-refractivity contribution in [2.75, 3.05) is 20.1 Å². The van der Waals surface area contributed by atoms with E-state index in [4.69, 9.17) is 9.63 Å². The molecule has 22 heavy (non-hydrogen) atoms. The van der Waals surface area contributed by atoms with E-state index in [0.717, 1.165) is 18.5 Å². The quantitative estimate of drug-likeness (QED) is 0.803. The van der Waals surface area contributed by atoms with Crippen LogP contribution in [0.1, 0.15) is 18.7 Å². The predicted molar refractivity (Wildman–Crippen MR) is 85.1 cm³/mol. The summed E-state index contributed by atoms with van der Waals surface area (Å²) in [7, 11) is 1.91. The molecule has 6 nitrogen and oxygen atoms in total. The fourth-order valence-electron chi connectivity index (χ4n) is 1.96. The molecule has 0 amide bonds. The van der Waals surface area contributed by atoms with E-state index in [2.05, 4.69) is 10.1 Å². The summed E-state index contributed by atoms with van der Waals surface area (Å²) in [5, 5.41) is 12.6.